The Bertz CT molecular complexity index is 1090. The molecule has 0 saturated carbocycles. The number of carbonyl (C=O) groups excluding carboxylic acids is 2. The van der Waals surface area contributed by atoms with E-state index in [1.165, 1.54) is 167 Å². The second kappa shape index (κ2) is 51.2. The fourth-order valence-corrected chi connectivity index (χ4v) is 7.68. The number of allylic oxidation sites excluding steroid dienone is 8. The molecule has 0 saturated heterocycles. The molecule has 0 aromatic heterocycles. The number of nitrogens with one attached hydrogen (secondary N) is 1. The van der Waals surface area contributed by atoms with Gasteiger partial charge in [-0.25, -0.2) is 0 Å². The summed E-state index contributed by atoms with van der Waals surface area (Å²) in [6.45, 7) is 4.72. The fraction of sp³-hybridized carbons (Fsp3) is 0.786. The molecule has 0 aliphatic carbocycles. The average molecular weight is 868 g/mol. The third kappa shape index (κ3) is 47.0. The van der Waals surface area contributed by atoms with Gasteiger partial charge in [0.2, 0.25) is 5.91 Å². The van der Waals surface area contributed by atoms with Crippen molar-refractivity contribution in [3.63, 3.8) is 0 Å². The second-order valence-corrected chi connectivity index (χ2v) is 17.8. The molecule has 0 rings (SSSR count). The number of aliphatic hydroxyl groups is 2. The van der Waals surface area contributed by atoms with Crippen LogP contribution in [0.1, 0.15) is 258 Å². The number of aliphatic hydroxyl groups excluding tert-OH is 2. The van der Waals surface area contributed by atoms with Crippen LogP contribution in [0.15, 0.2) is 60.8 Å². The van der Waals surface area contributed by atoms with Crippen molar-refractivity contribution in [2.45, 2.75) is 270 Å². The van der Waals surface area contributed by atoms with Crippen molar-refractivity contribution < 1.29 is 24.5 Å². The molecule has 0 bridgehead atoms. The van der Waals surface area contributed by atoms with Crippen molar-refractivity contribution >= 4 is 11.9 Å². The molecule has 0 aromatic carbocycles. The Morgan fingerprint density at radius 3 is 1.26 bits per heavy atom. The average Bonchev–Trinajstić information content (AvgIpc) is 3.27. The minimum absolute atomic E-state index is 0.0512. The molecule has 0 heterocycles. The number of carbonyl (C=O) groups is 2. The van der Waals surface area contributed by atoms with Gasteiger partial charge in [0.1, 0.15) is 0 Å². The van der Waals surface area contributed by atoms with Gasteiger partial charge in [0.15, 0.2) is 0 Å². The van der Waals surface area contributed by atoms with Crippen molar-refractivity contribution in [3.05, 3.63) is 60.8 Å². The van der Waals surface area contributed by atoms with Gasteiger partial charge in [0.25, 0.3) is 0 Å². The van der Waals surface area contributed by atoms with Gasteiger partial charge in [-0.15, -0.1) is 0 Å². The normalized spacial score (nSPS) is 13.2. The molecule has 0 aromatic rings. The highest BCUT2D eigenvalue weighted by atomic mass is 16.5. The summed E-state index contributed by atoms with van der Waals surface area (Å²) in [6.07, 6.45) is 65.4. The molecule has 0 fully saturated rings. The van der Waals surface area contributed by atoms with Crippen LogP contribution in [-0.4, -0.2) is 47.4 Å². The van der Waals surface area contributed by atoms with Crippen LogP contribution in [0.5, 0.6) is 0 Å². The van der Waals surface area contributed by atoms with Crippen LogP contribution in [0.4, 0.5) is 0 Å². The first kappa shape index (κ1) is 59.6. The Morgan fingerprint density at radius 2 is 0.806 bits per heavy atom. The molecule has 0 aliphatic rings. The maximum Gasteiger partial charge on any atom is 0.305 e. The first-order chi connectivity index (χ1) is 30.5. The fourth-order valence-electron chi connectivity index (χ4n) is 7.68. The lowest BCUT2D eigenvalue weighted by atomic mass is 10.0. The highest BCUT2D eigenvalue weighted by Gasteiger charge is 2.18. The van der Waals surface area contributed by atoms with Crippen LogP contribution in [0.2, 0.25) is 0 Å². The number of hydrogen-bond acceptors (Lipinski definition) is 5. The summed E-state index contributed by atoms with van der Waals surface area (Å²) in [5.74, 6) is -0.129. The molecule has 3 N–H and O–H groups in total. The van der Waals surface area contributed by atoms with Crippen LogP contribution < -0.4 is 5.32 Å². The highest BCUT2D eigenvalue weighted by molar-refractivity contribution is 5.76. The Labute approximate surface area is 384 Å². The summed E-state index contributed by atoms with van der Waals surface area (Å²) < 4.78 is 5.40. The first-order valence-corrected chi connectivity index (χ1v) is 26.6. The molecule has 2 unspecified atom stereocenters. The third-order valence-corrected chi connectivity index (χ3v) is 11.8. The van der Waals surface area contributed by atoms with Crippen LogP contribution in [0.3, 0.4) is 0 Å². The monoisotopic (exact) mass is 868 g/mol. The minimum atomic E-state index is -0.847. The molecule has 62 heavy (non-hydrogen) atoms. The predicted octanol–water partition coefficient (Wildman–Crippen LogP) is 16.0. The summed E-state index contributed by atoms with van der Waals surface area (Å²) in [5, 5.41) is 22.9. The lowest BCUT2D eigenvalue weighted by Crippen LogP contribution is -2.45. The number of amides is 1. The number of esters is 1. The maximum atomic E-state index is 12.4. The molecule has 6 nitrogen and oxygen atoms in total. The Kier molecular flexibility index (Phi) is 49.2. The lowest BCUT2D eigenvalue weighted by molar-refractivity contribution is -0.143. The van der Waals surface area contributed by atoms with Gasteiger partial charge < -0.3 is 20.3 Å². The molecule has 1 amide bonds. The largest absolute Gasteiger partial charge is 0.465 e. The Balaban J connectivity index is 3.48. The van der Waals surface area contributed by atoms with E-state index in [9.17, 15) is 19.8 Å². The predicted molar refractivity (Wildman–Crippen MR) is 268 cm³/mol. The molecule has 0 aliphatic heterocycles. The van der Waals surface area contributed by atoms with Gasteiger partial charge in [-0.2, -0.15) is 0 Å². The van der Waals surface area contributed by atoms with Gasteiger partial charge in [0, 0.05) is 12.8 Å². The molecular weight excluding hydrogens is 767 g/mol. The Hall–Kier alpha value is -2.44. The number of ether oxygens (including phenoxy) is 1. The lowest BCUT2D eigenvalue weighted by Gasteiger charge is -2.20. The van der Waals surface area contributed by atoms with Crippen molar-refractivity contribution in [3.8, 4) is 0 Å². The topological polar surface area (TPSA) is 95.9 Å². The van der Waals surface area contributed by atoms with Gasteiger partial charge in [-0.3, -0.25) is 9.59 Å². The van der Waals surface area contributed by atoms with Crippen molar-refractivity contribution in [1.29, 1.82) is 0 Å². The molecule has 2 atom stereocenters. The first-order valence-electron chi connectivity index (χ1n) is 26.6. The van der Waals surface area contributed by atoms with Crippen LogP contribution >= 0.6 is 0 Å². The third-order valence-electron chi connectivity index (χ3n) is 11.8. The number of hydrogen-bond donors (Lipinski definition) is 3. The zero-order valence-corrected chi connectivity index (χ0v) is 40.8. The quantitative estimate of drug-likeness (QED) is 0.0322. The van der Waals surface area contributed by atoms with E-state index in [4.69, 9.17) is 4.74 Å². The van der Waals surface area contributed by atoms with E-state index in [1.54, 1.807) is 6.08 Å². The van der Waals surface area contributed by atoms with E-state index < -0.39 is 12.1 Å². The van der Waals surface area contributed by atoms with E-state index in [0.29, 0.717) is 19.4 Å². The highest BCUT2D eigenvalue weighted by Crippen LogP contribution is 2.15. The van der Waals surface area contributed by atoms with Gasteiger partial charge in [-0.1, -0.05) is 222 Å². The van der Waals surface area contributed by atoms with E-state index in [2.05, 4.69) is 67.8 Å². The van der Waals surface area contributed by atoms with Crippen LogP contribution in [0, 0.1) is 0 Å². The molecular formula is C56H101NO5. The molecule has 0 radical (unpaired) electrons. The van der Waals surface area contributed by atoms with E-state index in [0.717, 1.165) is 64.2 Å². The summed E-state index contributed by atoms with van der Waals surface area (Å²) in [5.41, 5.74) is 0. The summed E-state index contributed by atoms with van der Waals surface area (Å²) in [4.78, 5) is 24.4. The van der Waals surface area contributed by atoms with E-state index >= 15 is 0 Å². The summed E-state index contributed by atoms with van der Waals surface area (Å²) >= 11 is 0. The van der Waals surface area contributed by atoms with Crippen LogP contribution in [0.25, 0.3) is 0 Å². The van der Waals surface area contributed by atoms with Gasteiger partial charge in [0.05, 0.1) is 25.4 Å². The summed E-state index contributed by atoms with van der Waals surface area (Å²) in [6, 6.07) is -0.631. The summed E-state index contributed by atoms with van der Waals surface area (Å²) in [7, 11) is 0. The van der Waals surface area contributed by atoms with Crippen LogP contribution in [-0.2, 0) is 14.3 Å². The zero-order chi connectivity index (χ0) is 45.1. The number of rotatable bonds is 48. The van der Waals surface area contributed by atoms with Crippen molar-refractivity contribution in [2.75, 3.05) is 13.2 Å². The van der Waals surface area contributed by atoms with E-state index in [1.807, 2.05) is 6.08 Å². The van der Waals surface area contributed by atoms with Gasteiger partial charge >= 0.3 is 5.97 Å². The van der Waals surface area contributed by atoms with Crippen molar-refractivity contribution in [1.82, 2.24) is 5.32 Å². The van der Waals surface area contributed by atoms with E-state index in [-0.39, 0.29) is 18.5 Å². The number of unbranched alkanes of at least 4 members (excludes halogenated alkanes) is 29. The Morgan fingerprint density at radius 1 is 0.452 bits per heavy atom. The smallest absolute Gasteiger partial charge is 0.305 e. The van der Waals surface area contributed by atoms with Crippen molar-refractivity contribution in [2.24, 2.45) is 0 Å². The van der Waals surface area contributed by atoms with Gasteiger partial charge in [-0.05, 0) is 83.5 Å². The standard InChI is InChI=1S/C56H101NO5/c1-3-5-7-9-11-13-14-15-23-27-30-34-38-42-46-50-56(61)62-51-47-43-39-35-31-28-25-22-20-18-16-17-19-21-24-26-29-33-37-41-45-49-55(60)57-53(52-58)54(59)48-44-40-36-32-12-10-8-6-4-2/h11,13,15,23,28,31,39,43-44,48,53-54,58-59H,3-10,12,14,16-22,24-27,29-30,32-38,40-42,45-47,49-52H2,1-2H3,(H,57,60)/b13-11-,23-15-,31-28-,43-39-,48-44+. The second-order valence-electron chi connectivity index (χ2n) is 17.8. The SMILES string of the molecule is CCCCC/C=C\C/C=C\CCCCCCCC(=O)OCC/C=C\C/C=C\CCCCCCCCCCCCCCCCC(=O)NC(CO)C(O)/C=C/CCCCCCCCC. The molecule has 360 valence electrons. The zero-order valence-electron chi connectivity index (χ0n) is 40.8. The molecule has 6 heteroatoms. The maximum absolute atomic E-state index is 12.4. The minimum Gasteiger partial charge on any atom is -0.465 e. The molecule has 0 spiro atoms.